The molecule has 23 heavy (non-hydrogen) atoms. The van der Waals surface area contributed by atoms with E-state index >= 15 is 0 Å². The molecule has 0 aliphatic carbocycles. The largest absolute Gasteiger partial charge is 0.450 e. The van der Waals surface area contributed by atoms with Crippen LogP contribution in [0.5, 0.6) is 0 Å². The maximum atomic E-state index is 12.6. The number of nitrogens with one attached hydrogen (secondary N) is 1. The molecule has 0 saturated heterocycles. The van der Waals surface area contributed by atoms with Crippen LogP contribution in [0.25, 0.3) is 5.65 Å². The number of aromatic nitrogens is 2. The van der Waals surface area contributed by atoms with E-state index in [0.717, 1.165) is 5.69 Å². The highest BCUT2D eigenvalue weighted by atomic mass is 32.1. The summed E-state index contributed by atoms with van der Waals surface area (Å²) in [6, 6.07) is 5.44. The fourth-order valence-electron chi connectivity index (χ4n) is 2.55. The van der Waals surface area contributed by atoms with E-state index in [1.54, 1.807) is 30.2 Å². The predicted molar refractivity (Wildman–Crippen MR) is 88.3 cm³/mol. The van der Waals surface area contributed by atoms with Crippen molar-refractivity contribution in [2.24, 2.45) is 0 Å². The SMILES string of the molecule is CCOC(=O)NC(=S)N1CCc2nc3ccccn3c(=O)c2C1. The summed E-state index contributed by atoms with van der Waals surface area (Å²) in [5.74, 6) is 0. The monoisotopic (exact) mass is 332 g/mol. The molecule has 2 aromatic heterocycles. The molecule has 0 saturated carbocycles. The van der Waals surface area contributed by atoms with Crippen molar-refractivity contribution in [2.75, 3.05) is 13.2 Å². The Balaban J connectivity index is 1.86. The van der Waals surface area contributed by atoms with E-state index in [2.05, 4.69) is 10.3 Å². The summed E-state index contributed by atoms with van der Waals surface area (Å²) >= 11 is 5.22. The lowest BCUT2D eigenvalue weighted by molar-refractivity contribution is 0.156. The van der Waals surface area contributed by atoms with Crippen LogP contribution in [0, 0.1) is 0 Å². The van der Waals surface area contributed by atoms with E-state index < -0.39 is 6.09 Å². The van der Waals surface area contributed by atoms with Crippen LogP contribution in [-0.2, 0) is 17.7 Å². The van der Waals surface area contributed by atoms with Gasteiger partial charge >= 0.3 is 6.09 Å². The van der Waals surface area contributed by atoms with Gasteiger partial charge in [0.25, 0.3) is 5.56 Å². The average molecular weight is 332 g/mol. The van der Waals surface area contributed by atoms with E-state index in [-0.39, 0.29) is 17.3 Å². The second-order valence-electron chi connectivity index (χ2n) is 5.09. The molecule has 3 heterocycles. The molecule has 0 radical (unpaired) electrons. The van der Waals surface area contributed by atoms with Crippen molar-refractivity contribution in [1.82, 2.24) is 19.6 Å². The first kappa shape index (κ1) is 15.4. The zero-order valence-electron chi connectivity index (χ0n) is 12.6. The molecule has 120 valence electrons. The minimum Gasteiger partial charge on any atom is -0.450 e. The topological polar surface area (TPSA) is 75.9 Å². The Morgan fingerprint density at radius 3 is 3.09 bits per heavy atom. The Morgan fingerprint density at radius 2 is 2.30 bits per heavy atom. The van der Waals surface area contributed by atoms with Crippen LogP contribution in [0.3, 0.4) is 0 Å². The molecule has 0 bridgehead atoms. The number of carbonyl (C=O) groups is 1. The molecule has 0 unspecified atom stereocenters. The summed E-state index contributed by atoms with van der Waals surface area (Å²) in [5, 5.41) is 2.76. The molecular weight excluding hydrogens is 316 g/mol. The number of pyridine rings is 1. The van der Waals surface area contributed by atoms with Gasteiger partial charge in [-0.3, -0.25) is 14.5 Å². The number of carbonyl (C=O) groups excluding carboxylic acids is 1. The summed E-state index contributed by atoms with van der Waals surface area (Å²) in [5.41, 5.74) is 1.93. The molecule has 3 rings (SSSR count). The molecule has 1 amide bonds. The van der Waals surface area contributed by atoms with E-state index in [0.29, 0.717) is 30.7 Å². The van der Waals surface area contributed by atoms with Gasteiger partial charge in [-0.15, -0.1) is 0 Å². The van der Waals surface area contributed by atoms with Gasteiger partial charge in [-0.25, -0.2) is 9.78 Å². The standard InChI is InChI=1S/C15H16N4O3S/c1-2-22-15(21)17-14(23)18-8-6-11-10(9-18)13(20)19-7-4-3-5-12(19)16-11/h3-5,7H,2,6,8-9H2,1H3,(H,17,21,23). The summed E-state index contributed by atoms with van der Waals surface area (Å²) in [7, 11) is 0. The van der Waals surface area contributed by atoms with Crippen LogP contribution in [0.2, 0.25) is 0 Å². The lowest BCUT2D eigenvalue weighted by Gasteiger charge is -2.29. The van der Waals surface area contributed by atoms with Gasteiger partial charge in [0.2, 0.25) is 0 Å². The summed E-state index contributed by atoms with van der Waals surface area (Å²) in [6.45, 7) is 2.91. The van der Waals surface area contributed by atoms with Crippen LogP contribution in [0.15, 0.2) is 29.2 Å². The molecular formula is C15H16N4O3S. The Bertz CT molecular complexity index is 833. The first-order valence-corrected chi connectivity index (χ1v) is 7.72. The Kier molecular flexibility index (Phi) is 4.24. The van der Waals surface area contributed by atoms with Gasteiger partial charge in [-0.1, -0.05) is 6.07 Å². The highest BCUT2D eigenvalue weighted by molar-refractivity contribution is 7.80. The number of fused-ring (bicyclic) bond motifs is 2. The van der Waals surface area contributed by atoms with Crippen molar-refractivity contribution >= 4 is 29.1 Å². The second-order valence-corrected chi connectivity index (χ2v) is 5.48. The molecule has 2 aromatic rings. The minimum atomic E-state index is -0.586. The zero-order chi connectivity index (χ0) is 16.4. The first-order chi connectivity index (χ1) is 11.1. The summed E-state index contributed by atoms with van der Waals surface area (Å²) in [6.07, 6.45) is 1.70. The minimum absolute atomic E-state index is 0.103. The number of amides is 1. The molecule has 1 N–H and O–H groups in total. The third kappa shape index (κ3) is 3.02. The van der Waals surface area contributed by atoms with Gasteiger partial charge in [0, 0.05) is 19.2 Å². The van der Waals surface area contributed by atoms with Gasteiger partial charge in [-0.2, -0.15) is 0 Å². The molecule has 1 aliphatic rings. The number of ether oxygens (including phenoxy) is 1. The summed E-state index contributed by atoms with van der Waals surface area (Å²) < 4.78 is 6.33. The number of nitrogens with zero attached hydrogens (tertiary/aromatic N) is 3. The number of hydrogen-bond donors (Lipinski definition) is 1. The fourth-order valence-corrected chi connectivity index (χ4v) is 2.79. The van der Waals surface area contributed by atoms with Crippen molar-refractivity contribution < 1.29 is 9.53 Å². The normalized spacial score (nSPS) is 13.5. The van der Waals surface area contributed by atoms with Crippen LogP contribution in [0.1, 0.15) is 18.2 Å². The van der Waals surface area contributed by atoms with Crippen molar-refractivity contribution in [2.45, 2.75) is 19.9 Å². The van der Waals surface area contributed by atoms with Crippen molar-refractivity contribution in [3.63, 3.8) is 0 Å². The zero-order valence-corrected chi connectivity index (χ0v) is 13.4. The van der Waals surface area contributed by atoms with E-state index in [4.69, 9.17) is 17.0 Å². The van der Waals surface area contributed by atoms with Crippen LogP contribution < -0.4 is 10.9 Å². The highest BCUT2D eigenvalue weighted by Crippen LogP contribution is 2.15. The lowest BCUT2D eigenvalue weighted by atomic mass is 10.1. The van der Waals surface area contributed by atoms with Gasteiger partial charge in [0.15, 0.2) is 5.11 Å². The fraction of sp³-hybridized carbons (Fsp3) is 0.333. The first-order valence-electron chi connectivity index (χ1n) is 7.32. The Hall–Kier alpha value is -2.48. The second kappa shape index (κ2) is 6.33. The Labute approximate surface area is 137 Å². The van der Waals surface area contributed by atoms with Crippen LogP contribution >= 0.6 is 12.2 Å². The van der Waals surface area contributed by atoms with Gasteiger partial charge in [0.05, 0.1) is 24.4 Å². The molecule has 0 aromatic carbocycles. The molecule has 7 nitrogen and oxygen atoms in total. The number of rotatable bonds is 1. The molecule has 1 aliphatic heterocycles. The van der Waals surface area contributed by atoms with Crippen molar-refractivity contribution in [3.05, 3.63) is 46.0 Å². The highest BCUT2D eigenvalue weighted by Gasteiger charge is 2.24. The predicted octanol–water partition coefficient (Wildman–Crippen LogP) is 1.08. The van der Waals surface area contributed by atoms with Gasteiger partial charge < -0.3 is 9.64 Å². The molecule has 0 atom stereocenters. The van der Waals surface area contributed by atoms with Gasteiger partial charge in [0.1, 0.15) is 5.65 Å². The molecule has 0 fully saturated rings. The van der Waals surface area contributed by atoms with Crippen LogP contribution in [0.4, 0.5) is 4.79 Å². The number of thiocarbonyl (C=S) groups is 1. The quantitative estimate of drug-likeness (QED) is 0.788. The maximum Gasteiger partial charge on any atom is 0.413 e. The Morgan fingerprint density at radius 1 is 1.48 bits per heavy atom. The third-order valence-corrected chi connectivity index (χ3v) is 4.01. The smallest absolute Gasteiger partial charge is 0.413 e. The third-order valence-electron chi connectivity index (χ3n) is 3.65. The molecule has 0 spiro atoms. The number of hydrogen-bond acceptors (Lipinski definition) is 5. The van der Waals surface area contributed by atoms with Gasteiger partial charge in [-0.05, 0) is 31.3 Å². The van der Waals surface area contributed by atoms with Crippen molar-refractivity contribution in [3.8, 4) is 0 Å². The maximum absolute atomic E-state index is 12.6. The lowest BCUT2D eigenvalue weighted by Crippen LogP contribution is -2.46. The average Bonchev–Trinajstić information content (AvgIpc) is 2.55. The van der Waals surface area contributed by atoms with Crippen molar-refractivity contribution in [1.29, 1.82) is 0 Å². The van der Waals surface area contributed by atoms with Crippen LogP contribution in [-0.4, -0.2) is 38.6 Å². The van der Waals surface area contributed by atoms with E-state index in [1.807, 2.05) is 6.07 Å². The summed E-state index contributed by atoms with van der Waals surface area (Å²) in [4.78, 5) is 30.4. The number of alkyl carbamates (subject to hydrolysis) is 1. The van der Waals surface area contributed by atoms with E-state index in [9.17, 15) is 9.59 Å². The molecule has 8 heteroatoms. The van der Waals surface area contributed by atoms with E-state index in [1.165, 1.54) is 4.40 Å².